The van der Waals surface area contributed by atoms with Gasteiger partial charge in [-0.25, -0.2) is 4.79 Å². The summed E-state index contributed by atoms with van der Waals surface area (Å²) >= 11 is 0. The first-order valence-electron chi connectivity index (χ1n) is 8.09. The summed E-state index contributed by atoms with van der Waals surface area (Å²) in [4.78, 5) is 25.5. The second kappa shape index (κ2) is 7.09. The van der Waals surface area contributed by atoms with Crippen LogP contribution in [0.5, 0.6) is 11.5 Å². The number of hydrogen-bond donors (Lipinski definition) is 1. The van der Waals surface area contributed by atoms with Crippen LogP contribution in [-0.4, -0.2) is 60.9 Å². The van der Waals surface area contributed by atoms with E-state index < -0.39 is 17.9 Å². The predicted molar refractivity (Wildman–Crippen MR) is 84.3 cm³/mol. The molecule has 2 heterocycles. The van der Waals surface area contributed by atoms with Crippen LogP contribution in [0.3, 0.4) is 0 Å². The lowest BCUT2D eigenvalue weighted by Crippen LogP contribution is -2.55. The van der Waals surface area contributed by atoms with Gasteiger partial charge in [0.15, 0.2) is 6.04 Å². The molecule has 1 saturated heterocycles. The summed E-state index contributed by atoms with van der Waals surface area (Å²) in [5.41, 5.74) is 0.908. The highest BCUT2D eigenvalue weighted by Gasteiger charge is 2.37. The van der Waals surface area contributed by atoms with E-state index in [1.807, 2.05) is 25.1 Å². The summed E-state index contributed by atoms with van der Waals surface area (Å²) in [6.07, 6.45) is 0.513. The van der Waals surface area contributed by atoms with E-state index in [1.165, 1.54) is 4.90 Å². The van der Waals surface area contributed by atoms with E-state index in [2.05, 4.69) is 0 Å². The van der Waals surface area contributed by atoms with Gasteiger partial charge < -0.3 is 24.2 Å². The Morgan fingerprint density at radius 2 is 2.21 bits per heavy atom. The first-order valence-corrected chi connectivity index (χ1v) is 8.09. The van der Waals surface area contributed by atoms with Crippen molar-refractivity contribution < 1.29 is 28.9 Å². The molecular formula is C17H21NO6. The van der Waals surface area contributed by atoms with Crippen molar-refractivity contribution in [3.8, 4) is 11.5 Å². The maximum atomic E-state index is 12.8. The predicted octanol–water partition coefficient (Wildman–Crippen LogP) is 0.948. The molecule has 130 valence electrons. The topological polar surface area (TPSA) is 85.3 Å². The average molecular weight is 335 g/mol. The molecule has 0 aliphatic carbocycles. The van der Waals surface area contributed by atoms with E-state index in [-0.39, 0.29) is 25.7 Å². The number of carboxylic acids is 1. The van der Waals surface area contributed by atoms with E-state index in [9.17, 15) is 14.7 Å². The van der Waals surface area contributed by atoms with Crippen LogP contribution in [0.1, 0.15) is 12.5 Å². The van der Waals surface area contributed by atoms with Gasteiger partial charge in [-0.1, -0.05) is 0 Å². The van der Waals surface area contributed by atoms with Gasteiger partial charge in [-0.05, 0) is 37.1 Å². The Bertz CT molecular complexity index is 632. The van der Waals surface area contributed by atoms with Crippen LogP contribution >= 0.6 is 0 Å². The number of rotatable bonds is 4. The molecule has 2 aliphatic heterocycles. The number of hydrogen-bond acceptors (Lipinski definition) is 5. The van der Waals surface area contributed by atoms with Crippen molar-refractivity contribution in [2.75, 3.05) is 33.0 Å². The van der Waals surface area contributed by atoms with E-state index in [0.29, 0.717) is 19.6 Å². The summed E-state index contributed by atoms with van der Waals surface area (Å²) < 4.78 is 16.4. The molecule has 0 bridgehead atoms. The Balaban J connectivity index is 1.75. The van der Waals surface area contributed by atoms with Crippen LogP contribution in [0.15, 0.2) is 18.2 Å². The normalized spacial score (nSPS) is 23.1. The lowest BCUT2D eigenvalue weighted by Gasteiger charge is -2.36. The fourth-order valence-electron chi connectivity index (χ4n) is 3.09. The first kappa shape index (κ1) is 16.6. The minimum atomic E-state index is -1.04. The molecule has 2 unspecified atom stereocenters. The van der Waals surface area contributed by atoms with E-state index >= 15 is 0 Å². The lowest BCUT2D eigenvalue weighted by molar-refractivity contribution is -0.161. The van der Waals surface area contributed by atoms with Gasteiger partial charge in [0.25, 0.3) is 0 Å². The second-order valence-electron chi connectivity index (χ2n) is 5.88. The van der Waals surface area contributed by atoms with Crippen molar-refractivity contribution in [2.24, 2.45) is 5.92 Å². The number of fused-ring (bicyclic) bond motifs is 1. The maximum absolute atomic E-state index is 12.8. The van der Waals surface area contributed by atoms with Crippen molar-refractivity contribution in [3.63, 3.8) is 0 Å². The quantitative estimate of drug-likeness (QED) is 0.882. The van der Waals surface area contributed by atoms with Gasteiger partial charge in [0.2, 0.25) is 5.91 Å². The summed E-state index contributed by atoms with van der Waals surface area (Å²) in [6.45, 7) is 3.40. The Morgan fingerprint density at radius 3 is 2.96 bits per heavy atom. The van der Waals surface area contributed by atoms with Gasteiger partial charge >= 0.3 is 5.97 Å². The number of nitrogens with zero attached hydrogens (tertiary/aromatic N) is 1. The fraction of sp³-hybridized carbons (Fsp3) is 0.529. The van der Waals surface area contributed by atoms with Crippen molar-refractivity contribution >= 4 is 11.9 Å². The standard InChI is InChI=1S/C17H21NO6/c1-2-23-13-3-4-15-11(8-13)7-12(9-24-15)16(19)18-5-6-22-10-14(18)17(20)21/h3-4,8,12,14H,2,5-7,9-10H2,1H3,(H,20,21). The molecule has 1 aromatic carbocycles. The minimum absolute atomic E-state index is 0.0275. The molecule has 1 fully saturated rings. The minimum Gasteiger partial charge on any atom is -0.494 e. The fourth-order valence-corrected chi connectivity index (χ4v) is 3.09. The zero-order valence-electron chi connectivity index (χ0n) is 13.6. The lowest BCUT2D eigenvalue weighted by atomic mass is 9.94. The molecule has 2 aliphatic rings. The first-order chi connectivity index (χ1) is 11.6. The number of amides is 1. The molecule has 1 N–H and O–H groups in total. The van der Waals surface area contributed by atoms with Crippen LogP contribution in [0, 0.1) is 5.92 Å². The monoisotopic (exact) mass is 335 g/mol. The van der Waals surface area contributed by atoms with Crippen LogP contribution in [0.4, 0.5) is 0 Å². The molecule has 0 aromatic heterocycles. The number of carboxylic acid groups (broad SMARTS) is 1. The molecule has 0 saturated carbocycles. The number of aliphatic carboxylic acids is 1. The summed E-state index contributed by atoms with van der Waals surface area (Å²) in [7, 11) is 0. The van der Waals surface area contributed by atoms with Crippen LogP contribution in [0.25, 0.3) is 0 Å². The van der Waals surface area contributed by atoms with Crippen molar-refractivity contribution in [2.45, 2.75) is 19.4 Å². The molecule has 0 spiro atoms. The van der Waals surface area contributed by atoms with Gasteiger partial charge in [0.05, 0.1) is 25.7 Å². The highest BCUT2D eigenvalue weighted by Crippen LogP contribution is 2.31. The zero-order valence-corrected chi connectivity index (χ0v) is 13.6. The Kier molecular flexibility index (Phi) is 4.89. The third kappa shape index (κ3) is 3.31. The van der Waals surface area contributed by atoms with Crippen LogP contribution in [0.2, 0.25) is 0 Å². The van der Waals surface area contributed by atoms with Crippen molar-refractivity contribution in [1.29, 1.82) is 0 Å². The van der Waals surface area contributed by atoms with E-state index in [0.717, 1.165) is 17.1 Å². The largest absolute Gasteiger partial charge is 0.494 e. The molecular weight excluding hydrogens is 314 g/mol. The number of carbonyl (C=O) groups is 2. The number of carbonyl (C=O) groups excluding carboxylic acids is 1. The Morgan fingerprint density at radius 1 is 1.38 bits per heavy atom. The molecule has 7 nitrogen and oxygen atoms in total. The highest BCUT2D eigenvalue weighted by molar-refractivity contribution is 5.86. The summed E-state index contributed by atoms with van der Waals surface area (Å²) in [6, 6.07) is 4.64. The maximum Gasteiger partial charge on any atom is 0.328 e. The molecule has 0 radical (unpaired) electrons. The third-order valence-corrected chi connectivity index (χ3v) is 4.30. The number of ether oxygens (including phenoxy) is 3. The van der Waals surface area contributed by atoms with Crippen molar-refractivity contribution in [3.05, 3.63) is 23.8 Å². The van der Waals surface area contributed by atoms with Crippen LogP contribution in [-0.2, 0) is 20.7 Å². The van der Waals surface area contributed by atoms with Gasteiger partial charge in [-0.15, -0.1) is 0 Å². The number of benzene rings is 1. The van der Waals surface area contributed by atoms with Gasteiger partial charge in [-0.3, -0.25) is 4.79 Å². The highest BCUT2D eigenvalue weighted by atomic mass is 16.5. The van der Waals surface area contributed by atoms with E-state index in [4.69, 9.17) is 14.2 Å². The van der Waals surface area contributed by atoms with Gasteiger partial charge in [-0.2, -0.15) is 0 Å². The van der Waals surface area contributed by atoms with Crippen molar-refractivity contribution in [1.82, 2.24) is 4.90 Å². The van der Waals surface area contributed by atoms with E-state index in [1.54, 1.807) is 0 Å². The third-order valence-electron chi connectivity index (χ3n) is 4.30. The smallest absolute Gasteiger partial charge is 0.328 e. The average Bonchev–Trinajstić information content (AvgIpc) is 2.60. The SMILES string of the molecule is CCOc1ccc2c(c1)CC(C(=O)N1CCOCC1C(=O)O)CO2. The van der Waals surface area contributed by atoms with Gasteiger partial charge in [0, 0.05) is 6.54 Å². The molecule has 1 aromatic rings. The molecule has 24 heavy (non-hydrogen) atoms. The van der Waals surface area contributed by atoms with Crippen LogP contribution < -0.4 is 9.47 Å². The summed E-state index contributed by atoms with van der Waals surface area (Å²) in [5, 5.41) is 9.29. The molecule has 7 heteroatoms. The Labute approximate surface area is 140 Å². The second-order valence-corrected chi connectivity index (χ2v) is 5.88. The summed E-state index contributed by atoms with van der Waals surface area (Å²) in [5.74, 6) is -0.145. The molecule has 2 atom stereocenters. The Hall–Kier alpha value is -2.28. The van der Waals surface area contributed by atoms with Gasteiger partial charge in [0.1, 0.15) is 18.1 Å². The molecule has 1 amide bonds. The molecule has 3 rings (SSSR count). The number of morpholine rings is 1. The zero-order chi connectivity index (χ0) is 17.1.